The molecule has 31 heavy (non-hydrogen) atoms. The van der Waals surface area contributed by atoms with Gasteiger partial charge in [0.15, 0.2) is 0 Å². The third-order valence-corrected chi connectivity index (χ3v) is 6.31. The second-order valence-corrected chi connectivity index (χ2v) is 8.28. The van der Waals surface area contributed by atoms with Gasteiger partial charge in [0.1, 0.15) is 17.6 Å². The van der Waals surface area contributed by atoms with Gasteiger partial charge in [0.25, 0.3) is 5.91 Å². The molecule has 0 radical (unpaired) electrons. The first-order chi connectivity index (χ1) is 14.9. The molecule has 2 N–H and O–H groups in total. The fourth-order valence-electron chi connectivity index (χ4n) is 4.75. The van der Waals surface area contributed by atoms with E-state index in [0.29, 0.717) is 30.0 Å². The Bertz CT molecular complexity index is 1030. The van der Waals surface area contributed by atoms with E-state index < -0.39 is 12.2 Å². The molecule has 0 spiro atoms. The van der Waals surface area contributed by atoms with Gasteiger partial charge in [0, 0.05) is 26.2 Å². The highest BCUT2D eigenvalue weighted by Crippen LogP contribution is 2.59. The minimum Gasteiger partial charge on any atom is -0.442 e. The van der Waals surface area contributed by atoms with Crippen LogP contribution in [-0.4, -0.2) is 65.3 Å². The standard InChI is InChI=1S/C21H22FN5O4/c1-11(28)23-7-13-8-27(21(30)31-13)12-2-3-14(17(22)6-12)19-15-9-26(10-16(15)19)20(29)18-4-5-24-25-18/h2-6,13,15-16,19H,7-10H2,1H3,(H,23,28)(H,24,25)/t13-,15-,16+,19?/m0/s1. The van der Waals surface area contributed by atoms with Gasteiger partial charge in [0.05, 0.1) is 18.8 Å². The molecule has 0 bridgehead atoms. The first kappa shape index (κ1) is 19.5. The van der Waals surface area contributed by atoms with Gasteiger partial charge in [-0.05, 0) is 41.5 Å². The maximum absolute atomic E-state index is 14.9. The highest BCUT2D eigenvalue weighted by atomic mass is 19.1. The van der Waals surface area contributed by atoms with E-state index in [1.165, 1.54) is 17.9 Å². The van der Waals surface area contributed by atoms with Gasteiger partial charge in [-0.15, -0.1) is 0 Å². The first-order valence-electron chi connectivity index (χ1n) is 10.2. The average molecular weight is 427 g/mol. The maximum atomic E-state index is 14.9. The van der Waals surface area contributed by atoms with Gasteiger partial charge in [-0.1, -0.05) is 6.07 Å². The number of piperidine rings is 1. The SMILES string of the molecule is CC(=O)NC[C@H]1CN(c2ccc(C3[C@H]4CN(C(=O)c5cc[nH]n5)C[C@@H]34)c(F)c2)C(=O)O1. The van der Waals surface area contributed by atoms with Crippen LogP contribution in [0, 0.1) is 17.7 Å². The molecule has 3 heterocycles. The molecule has 162 valence electrons. The van der Waals surface area contributed by atoms with Crippen molar-refractivity contribution in [1.29, 1.82) is 0 Å². The number of H-pyrrole nitrogens is 1. The number of carbonyl (C=O) groups excluding carboxylic acids is 3. The summed E-state index contributed by atoms with van der Waals surface area (Å²) < 4.78 is 20.2. The molecule has 4 atom stereocenters. The zero-order chi connectivity index (χ0) is 21.7. The number of cyclic esters (lactones) is 1. The van der Waals surface area contributed by atoms with E-state index in [-0.39, 0.29) is 48.5 Å². The number of hydrogen-bond donors (Lipinski definition) is 2. The molecule has 1 aromatic heterocycles. The molecule has 10 heteroatoms. The van der Waals surface area contributed by atoms with Crippen LogP contribution in [-0.2, 0) is 9.53 Å². The molecule has 3 fully saturated rings. The van der Waals surface area contributed by atoms with Crippen LogP contribution in [0.1, 0.15) is 28.9 Å². The predicted octanol–water partition coefficient (Wildman–Crippen LogP) is 1.50. The molecule has 2 aromatic rings. The third kappa shape index (κ3) is 3.51. The fraction of sp³-hybridized carbons (Fsp3) is 0.429. The molecule has 3 aliphatic rings. The van der Waals surface area contributed by atoms with Crippen LogP contribution in [0.15, 0.2) is 30.5 Å². The number of anilines is 1. The number of ether oxygens (including phenoxy) is 1. The van der Waals surface area contributed by atoms with E-state index in [9.17, 15) is 18.8 Å². The number of fused-ring (bicyclic) bond motifs is 1. The van der Waals surface area contributed by atoms with Gasteiger partial charge in [-0.2, -0.15) is 5.10 Å². The largest absolute Gasteiger partial charge is 0.442 e. The molecule has 2 saturated heterocycles. The van der Waals surface area contributed by atoms with Gasteiger partial charge < -0.3 is 15.0 Å². The number of halogens is 1. The lowest BCUT2D eigenvalue weighted by atomic mass is 10.0. The number of rotatable bonds is 5. The Labute approximate surface area is 177 Å². The van der Waals surface area contributed by atoms with Crippen molar-refractivity contribution in [1.82, 2.24) is 20.4 Å². The summed E-state index contributed by atoms with van der Waals surface area (Å²) in [5.41, 5.74) is 1.44. The Morgan fingerprint density at radius 2 is 2.03 bits per heavy atom. The Morgan fingerprint density at radius 3 is 2.68 bits per heavy atom. The lowest BCUT2D eigenvalue weighted by molar-refractivity contribution is -0.119. The van der Waals surface area contributed by atoms with Gasteiger partial charge in [-0.25, -0.2) is 9.18 Å². The number of carbonyl (C=O) groups is 3. The minimum absolute atomic E-state index is 0.0790. The van der Waals surface area contributed by atoms with Crippen molar-refractivity contribution >= 4 is 23.6 Å². The topological polar surface area (TPSA) is 108 Å². The van der Waals surface area contributed by atoms with Crippen molar-refractivity contribution in [3.63, 3.8) is 0 Å². The third-order valence-electron chi connectivity index (χ3n) is 6.31. The van der Waals surface area contributed by atoms with Crippen LogP contribution in [0.4, 0.5) is 14.9 Å². The van der Waals surface area contributed by atoms with Crippen LogP contribution in [0.25, 0.3) is 0 Å². The van der Waals surface area contributed by atoms with Crippen molar-refractivity contribution in [2.24, 2.45) is 11.8 Å². The first-order valence-corrected chi connectivity index (χ1v) is 10.2. The molecule has 3 amide bonds. The minimum atomic E-state index is -0.557. The molecule has 1 aromatic carbocycles. The second-order valence-electron chi connectivity index (χ2n) is 8.28. The number of aromatic amines is 1. The van der Waals surface area contributed by atoms with Gasteiger partial charge >= 0.3 is 6.09 Å². The van der Waals surface area contributed by atoms with Crippen LogP contribution in [0.3, 0.4) is 0 Å². The summed E-state index contributed by atoms with van der Waals surface area (Å²) >= 11 is 0. The van der Waals surface area contributed by atoms with E-state index in [1.807, 2.05) is 0 Å². The van der Waals surface area contributed by atoms with Gasteiger partial charge in [-0.3, -0.25) is 19.6 Å². The zero-order valence-corrected chi connectivity index (χ0v) is 16.9. The maximum Gasteiger partial charge on any atom is 0.414 e. The molecule has 1 aliphatic carbocycles. The number of likely N-dealkylation sites (tertiary alicyclic amines) is 1. The number of hydrogen-bond acceptors (Lipinski definition) is 5. The average Bonchev–Trinajstić information content (AvgIpc) is 3.21. The lowest BCUT2D eigenvalue weighted by Gasteiger charge is -2.19. The molecule has 5 rings (SSSR count). The number of benzene rings is 1. The monoisotopic (exact) mass is 427 g/mol. The van der Waals surface area contributed by atoms with E-state index >= 15 is 0 Å². The molecular formula is C21H22FN5O4. The lowest BCUT2D eigenvalue weighted by Crippen LogP contribution is -2.33. The predicted molar refractivity (Wildman–Crippen MR) is 107 cm³/mol. The summed E-state index contributed by atoms with van der Waals surface area (Å²) in [4.78, 5) is 38.8. The van der Waals surface area contributed by atoms with Crippen LogP contribution in [0.2, 0.25) is 0 Å². The second kappa shape index (κ2) is 7.36. The van der Waals surface area contributed by atoms with E-state index in [0.717, 1.165) is 0 Å². The van der Waals surface area contributed by atoms with E-state index in [2.05, 4.69) is 15.5 Å². The number of aromatic nitrogens is 2. The summed E-state index contributed by atoms with van der Waals surface area (Å²) in [7, 11) is 0. The van der Waals surface area contributed by atoms with Crippen LogP contribution < -0.4 is 10.2 Å². The Morgan fingerprint density at radius 1 is 1.26 bits per heavy atom. The summed E-state index contributed by atoms with van der Waals surface area (Å²) in [6.07, 6.45) is 0.584. The van der Waals surface area contributed by atoms with E-state index in [4.69, 9.17) is 4.74 Å². The quantitative estimate of drug-likeness (QED) is 0.752. The van der Waals surface area contributed by atoms with Crippen LogP contribution >= 0.6 is 0 Å². The van der Waals surface area contributed by atoms with Crippen molar-refractivity contribution in [3.05, 3.63) is 47.5 Å². The summed E-state index contributed by atoms with van der Waals surface area (Å²) in [5, 5.41) is 9.19. The molecule has 9 nitrogen and oxygen atoms in total. The number of nitrogens with one attached hydrogen (secondary N) is 2. The Kier molecular flexibility index (Phi) is 4.64. The number of nitrogens with zero attached hydrogens (tertiary/aromatic N) is 3. The number of amides is 3. The highest BCUT2D eigenvalue weighted by Gasteiger charge is 2.58. The van der Waals surface area contributed by atoms with Crippen molar-refractivity contribution in [3.8, 4) is 0 Å². The molecular weight excluding hydrogens is 405 g/mol. The Balaban J connectivity index is 1.22. The van der Waals surface area contributed by atoms with Crippen LogP contribution in [0.5, 0.6) is 0 Å². The smallest absolute Gasteiger partial charge is 0.414 e. The van der Waals surface area contributed by atoms with Crippen molar-refractivity contribution < 1.29 is 23.5 Å². The summed E-state index contributed by atoms with van der Waals surface area (Å²) in [6.45, 7) is 3.03. The zero-order valence-electron chi connectivity index (χ0n) is 16.9. The van der Waals surface area contributed by atoms with Crippen molar-refractivity contribution in [2.75, 3.05) is 31.1 Å². The summed E-state index contributed by atoms with van der Waals surface area (Å²) in [5.74, 6) is -0.117. The van der Waals surface area contributed by atoms with Gasteiger partial charge in [0.2, 0.25) is 5.91 Å². The highest BCUT2D eigenvalue weighted by molar-refractivity contribution is 5.92. The normalized spacial score (nSPS) is 26.6. The fourth-order valence-corrected chi connectivity index (χ4v) is 4.75. The van der Waals surface area contributed by atoms with E-state index in [1.54, 1.807) is 29.3 Å². The molecule has 2 aliphatic heterocycles. The summed E-state index contributed by atoms with van der Waals surface area (Å²) in [6, 6.07) is 6.45. The Hall–Kier alpha value is -3.43. The molecule has 1 unspecified atom stereocenters. The molecule has 1 saturated carbocycles. The van der Waals surface area contributed by atoms with Crippen molar-refractivity contribution in [2.45, 2.75) is 18.9 Å².